The summed E-state index contributed by atoms with van der Waals surface area (Å²) in [7, 11) is 0. The molecule has 0 aliphatic heterocycles. The van der Waals surface area contributed by atoms with Gasteiger partial charge < -0.3 is 5.32 Å². The highest BCUT2D eigenvalue weighted by Crippen LogP contribution is 2.24. The first kappa shape index (κ1) is 13.1. The van der Waals surface area contributed by atoms with E-state index in [2.05, 4.69) is 26.2 Å². The van der Waals surface area contributed by atoms with E-state index in [9.17, 15) is 4.39 Å². The fourth-order valence-corrected chi connectivity index (χ4v) is 2.60. The number of fused-ring (bicyclic) bond motifs is 1. The molecular weight excluding hydrogens is 319 g/mol. The minimum atomic E-state index is -0.241. The van der Waals surface area contributed by atoms with Gasteiger partial charge in [0.25, 0.3) is 0 Å². The molecule has 2 aromatic carbocycles. The summed E-state index contributed by atoms with van der Waals surface area (Å²) in [4.78, 5) is 4.33. The predicted octanol–water partition coefficient (Wildman–Crippen LogP) is 4.75. The molecule has 0 fully saturated rings. The number of hydrogen-bond acceptors (Lipinski definition) is 2. The van der Waals surface area contributed by atoms with Crippen molar-refractivity contribution in [1.82, 2.24) is 4.98 Å². The van der Waals surface area contributed by atoms with Crippen LogP contribution in [0.1, 0.15) is 5.56 Å². The summed E-state index contributed by atoms with van der Waals surface area (Å²) in [5, 5.41) is 4.45. The Balaban J connectivity index is 1.87. The number of anilines is 1. The Morgan fingerprint density at radius 3 is 2.85 bits per heavy atom. The van der Waals surface area contributed by atoms with Crippen LogP contribution in [0.25, 0.3) is 10.9 Å². The zero-order chi connectivity index (χ0) is 13.9. The van der Waals surface area contributed by atoms with Crippen LogP contribution in [0, 0.1) is 5.82 Å². The maximum atomic E-state index is 13.1. The van der Waals surface area contributed by atoms with Gasteiger partial charge in [0, 0.05) is 28.3 Å². The van der Waals surface area contributed by atoms with Crippen LogP contribution >= 0.6 is 15.9 Å². The van der Waals surface area contributed by atoms with Crippen LogP contribution in [-0.2, 0) is 6.54 Å². The van der Waals surface area contributed by atoms with Gasteiger partial charge >= 0.3 is 0 Å². The third kappa shape index (κ3) is 2.65. The van der Waals surface area contributed by atoms with Crippen molar-refractivity contribution in [2.75, 3.05) is 5.32 Å². The number of pyridine rings is 1. The van der Waals surface area contributed by atoms with Crippen LogP contribution in [0.15, 0.2) is 59.2 Å². The van der Waals surface area contributed by atoms with Crippen LogP contribution in [-0.4, -0.2) is 4.98 Å². The SMILES string of the molecule is Fc1ccc(CNc2cccc3ncccc23)c(Br)c1. The molecule has 0 aliphatic carbocycles. The normalized spacial score (nSPS) is 10.7. The molecule has 2 nitrogen and oxygen atoms in total. The first-order valence-corrected chi connectivity index (χ1v) is 7.05. The second-order valence-corrected chi connectivity index (χ2v) is 5.32. The van der Waals surface area contributed by atoms with E-state index < -0.39 is 0 Å². The molecule has 1 N–H and O–H groups in total. The topological polar surface area (TPSA) is 24.9 Å². The molecule has 1 heterocycles. The number of hydrogen-bond donors (Lipinski definition) is 1. The number of halogens is 2. The highest BCUT2D eigenvalue weighted by molar-refractivity contribution is 9.10. The van der Waals surface area contributed by atoms with E-state index in [1.807, 2.05) is 30.3 Å². The minimum Gasteiger partial charge on any atom is -0.380 e. The van der Waals surface area contributed by atoms with Crippen molar-refractivity contribution in [1.29, 1.82) is 0 Å². The van der Waals surface area contributed by atoms with E-state index in [1.54, 1.807) is 12.3 Å². The zero-order valence-corrected chi connectivity index (χ0v) is 12.2. The highest BCUT2D eigenvalue weighted by Gasteiger charge is 2.04. The number of benzene rings is 2. The third-order valence-electron chi connectivity index (χ3n) is 3.13. The van der Waals surface area contributed by atoms with Gasteiger partial charge in [-0.05, 0) is 42.0 Å². The van der Waals surface area contributed by atoms with Gasteiger partial charge in [0.05, 0.1) is 5.52 Å². The van der Waals surface area contributed by atoms with Gasteiger partial charge in [0.2, 0.25) is 0 Å². The van der Waals surface area contributed by atoms with E-state index in [-0.39, 0.29) is 5.82 Å². The van der Waals surface area contributed by atoms with E-state index in [0.29, 0.717) is 6.54 Å². The summed E-state index contributed by atoms with van der Waals surface area (Å²) in [5.41, 5.74) is 2.98. The smallest absolute Gasteiger partial charge is 0.124 e. The summed E-state index contributed by atoms with van der Waals surface area (Å²) in [6.45, 7) is 0.620. The predicted molar refractivity (Wildman–Crippen MR) is 83.2 cm³/mol. The van der Waals surface area contributed by atoms with Crippen LogP contribution in [0.2, 0.25) is 0 Å². The average Bonchev–Trinajstić information content (AvgIpc) is 2.46. The number of aromatic nitrogens is 1. The summed E-state index contributed by atoms with van der Waals surface area (Å²) in [6.07, 6.45) is 1.78. The lowest BCUT2D eigenvalue weighted by molar-refractivity contribution is 0.626. The molecule has 100 valence electrons. The van der Waals surface area contributed by atoms with Crippen LogP contribution in [0.4, 0.5) is 10.1 Å². The largest absolute Gasteiger partial charge is 0.380 e. The van der Waals surface area contributed by atoms with Crippen molar-refractivity contribution < 1.29 is 4.39 Å². The Labute approximate surface area is 124 Å². The molecule has 0 radical (unpaired) electrons. The fourth-order valence-electron chi connectivity index (χ4n) is 2.11. The van der Waals surface area contributed by atoms with Gasteiger partial charge in [-0.3, -0.25) is 4.98 Å². The average molecular weight is 331 g/mol. The van der Waals surface area contributed by atoms with Crippen molar-refractivity contribution in [2.45, 2.75) is 6.54 Å². The van der Waals surface area contributed by atoms with Crippen LogP contribution in [0.3, 0.4) is 0 Å². The van der Waals surface area contributed by atoms with Crippen molar-refractivity contribution in [3.05, 3.63) is 70.6 Å². The Kier molecular flexibility index (Phi) is 3.65. The van der Waals surface area contributed by atoms with Gasteiger partial charge in [-0.25, -0.2) is 4.39 Å². The van der Waals surface area contributed by atoms with Gasteiger partial charge in [0.15, 0.2) is 0 Å². The lowest BCUT2D eigenvalue weighted by Gasteiger charge is -2.10. The molecule has 0 amide bonds. The zero-order valence-electron chi connectivity index (χ0n) is 10.6. The van der Waals surface area contributed by atoms with E-state index >= 15 is 0 Å². The third-order valence-corrected chi connectivity index (χ3v) is 3.87. The molecule has 0 spiro atoms. The van der Waals surface area contributed by atoms with Crippen LogP contribution in [0.5, 0.6) is 0 Å². The molecule has 0 saturated carbocycles. The summed E-state index contributed by atoms with van der Waals surface area (Å²) in [5.74, 6) is -0.241. The molecule has 3 rings (SSSR count). The van der Waals surface area contributed by atoms with E-state index in [1.165, 1.54) is 12.1 Å². The standard InChI is InChI=1S/C16H12BrFN2/c17-14-9-12(18)7-6-11(14)10-20-16-5-1-4-15-13(16)3-2-8-19-15/h1-9,20H,10H2. The molecular formula is C16H12BrFN2. The van der Waals surface area contributed by atoms with Crippen molar-refractivity contribution >= 4 is 32.5 Å². The van der Waals surface area contributed by atoms with Gasteiger partial charge in [-0.2, -0.15) is 0 Å². The Bertz CT molecular complexity index is 753. The molecule has 1 aromatic heterocycles. The first-order valence-electron chi connectivity index (χ1n) is 6.25. The quantitative estimate of drug-likeness (QED) is 0.749. The second-order valence-electron chi connectivity index (χ2n) is 4.46. The summed E-state index contributed by atoms with van der Waals surface area (Å²) < 4.78 is 13.8. The Morgan fingerprint density at radius 1 is 1.10 bits per heavy atom. The van der Waals surface area contributed by atoms with Gasteiger partial charge in [0.1, 0.15) is 5.82 Å². The maximum Gasteiger partial charge on any atom is 0.124 e. The summed E-state index contributed by atoms with van der Waals surface area (Å²) >= 11 is 3.38. The van der Waals surface area contributed by atoms with Crippen molar-refractivity contribution in [3.63, 3.8) is 0 Å². The number of rotatable bonds is 3. The molecule has 4 heteroatoms. The van der Waals surface area contributed by atoms with Crippen molar-refractivity contribution in [3.8, 4) is 0 Å². The molecule has 3 aromatic rings. The second kappa shape index (κ2) is 5.59. The minimum absolute atomic E-state index is 0.241. The van der Waals surface area contributed by atoms with E-state index in [0.717, 1.165) is 26.6 Å². The van der Waals surface area contributed by atoms with Gasteiger partial charge in [-0.15, -0.1) is 0 Å². The monoisotopic (exact) mass is 330 g/mol. The van der Waals surface area contributed by atoms with Gasteiger partial charge in [-0.1, -0.05) is 28.1 Å². The van der Waals surface area contributed by atoms with E-state index in [4.69, 9.17) is 0 Å². The Morgan fingerprint density at radius 2 is 2.00 bits per heavy atom. The summed E-state index contributed by atoms with van der Waals surface area (Å²) in [6, 6.07) is 14.6. The lowest BCUT2D eigenvalue weighted by atomic mass is 10.1. The number of nitrogens with one attached hydrogen (secondary N) is 1. The molecule has 0 unspecified atom stereocenters. The number of nitrogens with zero attached hydrogens (tertiary/aromatic N) is 1. The fraction of sp³-hybridized carbons (Fsp3) is 0.0625. The Hall–Kier alpha value is -1.94. The molecule has 0 bridgehead atoms. The molecule has 20 heavy (non-hydrogen) atoms. The lowest BCUT2D eigenvalue weighted by Crippen LogP contribution is -2.01. The molecule has 0 atom stereocenters. The van der Waals surface area contributed by atoms with Crippen molar-refractivity contribution in [2.24, 2.45) is 0 Å². The van der Waals surface area contributed by atoms with Crippen LogP contribution < -0.4 is 5.32 Å². The first-order chi connectivity index (χ1) is 9.74. The molecule has 0 saturated heterocycles. The molecule has 0 aliphatic rings. The highest BCUT2D eigenvalue weighted by atomic mass is 79.9. The maximum absolute atomic E-state index is 13.1.